The number of nitrogens with one attached hydrogen (secondary N) is 1. The number of hydrogen-bond donors (Lipinski definition) is 1. The zero-order valence-corrected chi connectivity index (χ0v) is 11.9. The van der Waals surface area contributed by atoms with Crippen LogP contribution in [0.1, 0.15) is 24.3 Å². The van der Waals surface area contributed by atoms with Crippen molar-refractivity contribution in [3.63, 3.8) is 0 Å². The molecular formula is C14H19N3S. The van der Waals surface area contributed by atoms with Gasteiger partial charge < -0.3 is 5.32 Å². The third-order valence-electron chi connectivity index (χ3n) is 2.76. The second-order valence-corrected chi connectivity index (χ2v) is 5.71. The van der Waals surface area contributed by atoms with Gasteiger partial charge in [-0.15, -0.1) is 5.10 Å². The lowest BCUT2D eigenvalue weighted by molar-refractivity contribution is 0.647. The molecule has 3 nitrogen and oxygen atoms in total. The molecule has 0 fully saturated rings. The van der Waals surface area contributed by atoms with Crippen molar-refractivity contribution in [2.75, 3.05) is 7.05 Å². The van der Waals surface area contributed by atoms with Gasteiger partial charge in [0.05, 0.1) is 4.88 Å². The highest BCUT2D eigenvalue weighted by Crippen LogP contribution is 2.24. The molecule has 0 saturated carbocycles. The fourth-order valence-corrected chi connectivity index (χ4v) is 2.65. The average molecular weight is 261 g/mol. The first-order chi connectivity index (χ1) is 8.70. The molecule has 18 heavy (non-hydrogen) atoms. The molecular weight excluding hydrogens is 242 g/mol. The summed E-state index contributed by atoms with van der Waals surface area (Å²) in [6, 6.07) is 8.68. The van der Waals surface area contributed by atoms with E-state index in [-0.39, 0.29) is 0 Å². The molecule has 0 amide bonds. The maximum atomic E-state index is 4.22. The van der Waals surface area contributed by atoms with Gasteiger partial charge in [-0.2, -0.15) is 0 Å². The fraction of sp³-hybridized carbons (Fsp3) is 0.429. The van der Waals surface area contributed by atoms with E-state index in [9.17, 15) is 0 Å². The van der Waals surface area contributed by atoms with Crippen molar-refractivity contribution in [2.45, 2.75) is 26.8 Å². The average Bonchev–Trinajstić information content (AvgIpc) is 2.78. The maximum absolute atomic E-state index is 4.22. The number of aromatic nitrogens is 2. The van der Waals surface area contributed by atoms with Gasteiger partial charge in [-0.3, -0.25) is 0 Å². The number of benzene rings is 1. The Kier molecular flexibility index (Phi) is 4.44. The van der Waals surface area contributed by atoms with Gasteiger partial charge >= 0.3 is 0 Å². The van der Waals surface area contributed by atoms with E-state index in [1.165, 1.54) is 22.0 Å². The first kappa shape index (κ1) is 13.2. The molecule has 1 aromatic heterocycles. The summed E-state index contributed by atoms with van der Waals surface area (Å²) in [4.78, 5) is 1.19. The van der Waals surface area contributed by atoms with Crippen LogP contribution in [0.15, 0.2) is 24.3 Å². The predicted octanol–water partition coefficient (Wildman–Crippen LogP) is 3.12. The van der Waals surface area contributed by atoms with Crippen molar-refractivity contribution >= 4 is 11.5 Å². The minimum atomic E-state index is 0.691. The van der Waals surface area contributed by atoms with Crippen LogP contribution >= 0.6 is 11.5 Å². The summed E-state index contributed by atoms with van der Waals surface area (Å²) < 4.78 is 4.04. The van der Waals surface area contributed by atoms with Gasteiger partial charge in [0.15, 0.2) is 0 Å². The lowest BCUT2D eigenvalue weighted by Crippen LogP contribution is -2.04. The standard InChI is InChI=1S/C14H19N3S/c1-10(2)8-11-4-6-12(7-5-11)14-13(9-15-3)18-17-16-14/h4-7,10,15H,8-9H2,1-3H3. The van der Waals surface area contributed by atoms with E-state index in [4.69, 9.17) is 0 Å². The summed E-state index contributed by atoms with van der Waals surface area (Å²) in [7, 11) is 1.94. The van der Waals surface area contributed by atoms with Gasteiger partial charge in [-0.05, 0) is 36.5 Å². The molecule has 0 atom stereocenters. The first-order valence-corrected chi connectivity index (χ1v) is 7.03. The number of hydrogen-bond acceptors (Lipinski definition) is 4. The SMILES string of the molecule is CNCc1snnc1-c1ccc(CC(C)C)cc1. The van der Waals surface area contributed by atoms with E-state index < -0.39 is 0 Å². The Morgan fingerprint density at radius 1 is 1.22 bits per heavy atom. The van der Waals surface area contributed by atoms with Crippen molar-refractivity contribution in [3.05, 3.63) is 34.7 Å². The fourth-order valence-electron chi connectivity index (χ4n) is 1.97. The molecule has 0 spiro atoms. The van der Waals surface area contributed by atoms with Crippen molar-refractivity contribution in [1.82, 2.24) is 14.9 Å². The molecule has 0 aliphatic heterocycles. The minimum Gasteiger partial charge on any atom is -0.315 e. The Balaban J connectivity index is 2.20. The summed E-state index contributed by atoms with van der Waals surface area (Å²) >= 11 is 1.46. The molecule has 0 radical (unpaired) electrons. The van der Waals surface area contributed by atoms with Gasteiger partial charge in [0.25, 0.3) is 0 Å². The molecule has 0 saturated heterocycles. The monoisotopic (exact) mass is 261 g/mol. The highest BCUT2D eigenvalue weighted by atomic mass is 32.1. The van der Waals surface area contributed by atoms with E-state index in [0.29, 0.717) is 5.92 Å². The van der Waals surface area contributed by atoms with E-state index in [1.54, 1.807) is 0 Å². The molecule has 96 valence electrons. The summed E-state index contributed by atoms with van der Waals surface area (Å²) in [5.74, 6) is 0.691. The summed E-state index contributed by atoms with van der Waals surface area (Å²) in [6.07, 6.45) is 1.12. The van der Waals surface area contributed by atoms with Crippen LogP contribution in [-0.4, -0.2) is 16.6 Å². The summed E-state index contributed by atoms with van der Waals surface area (Å²) in [6.45, 7) is 5.30. The summed E-state index contributed by atoms with van der Waals surface area (Å²) in [5.41, 5.74) is 3.54. The van der Waals surface area contributed by atoms with Crippen molar-refractivity contribution < 1.29 is 0 Å². The molecule has 1 aromatic carbocycles. The Labute approximate surface area is 112 Å². The molecule has 4 heteroatoms. The number of nitrogens with zero attached hydrogens (tertiary/aromatic N) is 2. The number of rotatable bonds is 5. The first-order valence-electron chi connectivity index (χ1n) is 6.26. The summed E-state index contributed by atoms with van der Waals surface area (Å²) in [5, 5.41) is 7.37. The van der Waals surface area contributed by atoms with Crippen LogP contribution < -0.4 is 5.32 Å². The lowest BCUT2D eigenvalue weighted by atomic mass is 10.0. The molecule has 1 N–H and O–H groups in total. The van der Waals surface area contributed by atoms with E-state index in [0.717, 1.165) is 24.2 Å². The van der Waals surface area contributed by atoms with E-state index in [1.807, 2.05) is 7.05 Å². The quantitative estimate of drug-likeness (QED) is 0.898. The van der Waals surface area contributed by atoms with Crippen LogP contribution in [0.5, 0.6) is 0 Å². The highest BCUT2D eigenvalue weighted by molar-refractivity contribution is 7.05. The van der Waals surface area contributed by atoms with Crippen LogP contribution in [0, 0.1) is 5.92 Å². The largest absolute Gasteiger partial charge is 0.315 e. The molecule has 0 bridgehead atoms. The molecule has 0 unspecified atom stereocenters. The van der Waals surface area contributed by atoms with Crippen LogP contribution in [0.4, 0.5) is 0 Å². The second-order valence-electron chi connectivity index (χ2n) is 4.87. The van der Waals surface area contributed by atoms with Crippen molar-refractivity contribution in [3.8, 4) is 11.3 Å². The van der Waals surface area contributed by atoms with Gasteiger partial charge in [-0.25, -0.2) is 0 Å². The zero-order valence-electron chi connectivity index (χ0n) is 11.1. The zero-order chi connectivity index (χ0) is 13.0. The lowest BCUT2D eigenvalue weighted by Gasteiger charge is -2.06. The smallest absolute Gasteiger partial charge is 0.110 e. The van der Waals surface area contributed by atoms with Crippen LogP contribution in [0.3, 0.4) is 0 Å². The molecule has 0 aliphatic rings. The molecule has 1 heterocycles. The maximum Gasteiger partial charge on any atom is 0.110 e. The van der Waals surface area contributed by atoms with Crippen LogP contribution in [0.2, 0.25) is 0 Å². The Morgan fingerprint density at radius 2 is 1.94 bits per heavy atom. The molecule has 2 rings (SSSR count). The van der Waals surface area contributed by atoms with Crippen molar-refractivity contribution in [1.29, 1.82) is 0 Å². The topological polar surface area (TPSA) is 37.8 Å². The van der Waals surface area contributed by atoms with Crippen LogP contribution in [0.25, 0.3) is 11.3 Å². The predicted molar refractivity (Wildman–Crippen MR) is 76.7 cm³/mol. The molecule has 2 aromatic rings. The van der Waals surface area contributed by atoms with Gasteiger partial charge in [0, 0.05) is 12.1 Å². The third-order valence-corrected chi connectivity index (χ3v) is 3.49. The second kappa shape index (κ2) is 6.07. The van der Waals surface area contributed by atoms with Crippen LogP contribution in [-0.2, 0) is 13.0 Å². The normalized spacial score (nSPS) is 11.1. The van der Waals surface area contributed by atoms with E-state index >= 15 is 0 Å². The van der Waals surface area contributed by atoms with Gasteiger partial charge in [0.2, 0.25) is 0 Å². The Morgan fingerprint density at radius 3 is 2.56 bits per heavy atom. The third kappa shape index (κ3) is 3.15. The minimum absolute atomic E-state index is 0.691. The van der Waals surface area contributed by atoms with Gasteiger partial charge in [0.1, 0.15) is 5.69 Å². The Bertz CT molecular complexity index is 488. The molecule has 0 aliphatic carbocycles. The van der Waals surface area contributed by atoms with Gasteiger partial charge in [-0.1, -0.05) is 42.6 Å². The van der Waals surface area contributed by atoms with E-state index in [2.05, 4.69) is 53.0 Å². The Hall–Kier alpha value is -1.26. The highest BCUT2D eigenvalue weighted by Gasteiger charge is 2.09. The van der Waals surface area contributed by atoms with Crippen molar-refractivity contribution in [2.24, 2.45) is 5.92 Å².